The summed E-state index contributed by atoms with van der Waals surface area (Å²) in [5.74, 6) is -0.265. The molecule has 0 aliphatic heterocycles. The highest BCUT2D eigenvalue weighted by molar-refractivity contribution is 7.19. The molecule has 26 heavy (non-hydrogen) atoms. The van der Waals surface area contributed by atoms with Crippen molar-refractivity contribution in [1.82, 2.24) is 9.97 Å². The van der Waals surface area contributed by atoms with Gasteiger partial charge in [-0.2, -0.15) is 0 Å². The lowest BCUT2D eigenvalue weighted by atomic mass is 10.1. The first kappa shape index (κ1) is 16.2. The number of carbonyl (C=O) groups excluding carboxylic acids is 1. The number of nitrogens with one attached hydrogen (secondary N) is 1. The largest absolute Gasteiger partial charge is 0.296 e. The molecular formula is C21H15N3OS. The van der Waals surface area contributed by atoms with E-state index in [2.05, 4.69) is 15.3 Å². The summed E-state index contributed by atoms with van der Waals surface area (Å²) in [6.07, 6.45) is 1.60. The number of hydrogen-bond acceptors (Lipinski definition) is 4. The van der Waals surface area contributed by atoms with E-state index < -0.39 is 0 Å². The van der Waals surface area contributed by atoms with Crippen molar-refractivity contribution in [3.05, 3.63) is 90.8 Å². The highest BCUT2D eigenvalue weighted by Gasteiger charge is 2.17. The van der Waals surface area contributed by atoms with E-state index in [1.165, 1.54) is 11.3 Å². The summed E-state index contributed by atoms with van der Waals surface area (Å²) < 4.78 is 0. The van der Waals surface area contributed by atoms with Crippen molar-refractivity contribution in [3.63, 3.8) is 0 Å². The van der Waals surface area contributed by atoms with E-state index >= 15 is 0 Å². The topological polar surface area (TPSA) is 54.9 Å². The Morgan fingerprint density at radius 3 is 2.12 bits per heavy atom. The quantitative estimate of drug-likeness (QED) is 0.551. The second-order valence-electron chi connectivity index (χ2n) is 5.60. The van der Waals surface area contributed by atoms with E-state index in [-0.39, 0.29) is 5.91 Å². The third-order valence-electron chi connectivity index (χ3n) is 3.83. The highest BCUT2D eigenvalue weighted by atomic mass is 32.1. The molecular weight excluding hydrogens is 342 g/mol. The minimum Gasteiger partial charge on any atom is -0.296 e. The van der Waals surface area contributed by atoms with Crippen LogP contribution in [0.25, 0.3) is 21.7 Å². The Balaban J connectivity index is 1.73. The fourth-order valence-electron chi connectivity index (χ4n) is 2.61. The molecule has 4 aromatic rings. The van der Waals surface area contributed by atoms with Crippen LogP contribution < -0.4 is 5.32 Å². The minimum absolute atomic E-state index is 0.265. The van der Waals surface area contributed by atoms with Crippen LogP contribution in [0.1, 0.15) is 10.5 Å². The number of hydrogen-bond donors (Lipinski definition) is 1. The zero-order valence-electron chi connectivity index (χ0n) is 13.8. The summed E-state index contributed by atoms with van der Waals surface area (Å²) in [4.78, 5) is 22.2. The second-order valence-corrected chi connectivity index (χ2v) is 6.60. The Hall–Kier alpha value is -3.31. The molecule has 0 atom stereocenters. The third-order valence-corrected chi connectivity index (χ3v) is 4.85. The van der Waals surface area contributed by atoms with Gasteiger partial charge in [0.15, 0.2) is 5.13 Å². The van der Waals surface area contributed by atoms with Gasteiger partial charge in [0, 0.05) is 11.8 Å². The van der Waals surface area contributed by atoms with Crippen LogP contribution in [0.15, 0.2) is 85.1 Å². The standard InChI is InChI=1S/C21H15N3OS/c25-20(17-13-7-8-14-22-17)24-21-23-18(15-9-3-1-4-10-15)19(26-21)16-11-5-2-6-12-16/h1-14H,(H,23,24,25). The van der Waals surface area contributed by atoms with Gasteiger partial charge in [0.2, 0.25) is 0 Å². The number of aromatic nitrogens is 2. The molecule has 126 valence electrons. The van der Waals surface area contributed by atoms with E-state index in [4.69, 9.17) is 0 Å². The number of anilines is 1. The Kier molecular flexibility index (Phi) is 4.53. The van der Waals surface area contributed by atoms with E-state index in [1.807, 2.05) is 60.7 Å². The molecule has 0 spiro atoms. The van der Waals surface area contributed by atoms with Crippen LogP contribution in [-0.4, -0.2) is 15.9 Å². The lowest BCUT2D eigenvalue weighted by Crippen LogP contribution is -2.13. The number of nitrogens with zero attached hydrogens (tertiary/aromatic N) is 2. The average molecular weight is 357 g/mol. The summed E-state index contributed by atoms with van der Waals surface area (Å²) in [6.45, 7) is 0. The first-order valence-corrected chi connectivity index (χ1v) is 8.97. The highest BCUT2D eigenvalue weighted by Crippen LogP contribution is 2.38. The smallest absolute Gasteiger partial charge is 0.276 e. The van der Waals surface area contributed by atoms with Gasteiger partial charge in [0.25, 0.3) is 5.91 Å². The number of amides is 1. The van der Waals surface area contributed by atoms with Gasteiger partial charge in [0.1, 0.15) is 5.69 Å². The molecule has 1 N–H and O–H groups in total. The molecule has 4 nitrogen and oxygen atoms in total. The van der Waals surface area contributed by atoms with Crippen molar-refractivity contribution < 1.29 is 4.79 Å². The Bertz CT molecular complexity index is 958. The van der Waals surface area contributed by atoms with Crippen molar-refractivity contribution in [2.75, 3.05) is 5.32 Å². The number of pyridine rings is 1. The summed E-state index contributed by atoms with van der Waals surface area (Å²) >= 11 is 1.46. The van der Waals surface area contributed by atoms with Crippen LogP contribution in [0, 0.1) is 0 Å². The number of carbonyl (C=O) groups is 1. The van der Waals surface area contributed by atoms with Crippen LogP contribution in [0.4, 0.5) is 5.13 Å². The molecule has 0 aliphatic carbocycles. The normalized spacial score (nSPS) is 10.5. The summed E-state index contributed by atoms with van der Waals surface area (Å²) in [7, 11) is 0. The first-order valence-electron chi connectivity index (χ1n) is 8.15. The molecule has 0 saturated carbocycles. The van der Waals surface area contributed by atoms with Gasteiger partial charge in [0.05, 0.1) is 10.6 Å². The average Bonchev–Trinajstić information content (AvgIpc) is 3.14. The lowest BCUT2D eigenvalue weighted by molar-refractivity contribution is 0.102. The van der Waals surface area contributed by atoms with Crippen LogP contribution >= 0.6 is 11.3 Å². The SMILES string of the molecule is O=C(Nc1nc(-c2ccccc2)c(-c2ccccc2)s1)c1ccccn1. The minimum atomic E-state index is -0.265. The molecule has 2 aromatic heterocycles. The monoisotopic (exact) mass is 357 g/mol. The van der Waals surface area contributed by atoms with Gasteiger partial charge in [-0.1, -0.05) is 78.1 Å². The molecule has 0 fully saturated rings. The van der Waals surface area contributed by atoms with E-state index in [0.29, 0.717) is 10.8 Å². The van der Waals surface area contributed by atoms with Gasteiger partial charge in [-0.25, -0.2) is 4.98 Å². The molecule has 2 aromatic carbocycles. The molecule has 0 unspecified atom stereocenters. The van der Waals surface area contributed by atoms with E-state index in [0.717, 1.165) is 21.7 Å². The van der Waals surface area contributed by atoms with Gasteiger partial charge in [-0.05, 0) is 17.7 Å². The van der Waals surface area contributed by atoms with Gasteiger partial charge in [-0.15, -0.1) is 0 Å². The molecule has 4 rings (SSSR count). The number of rotatable bonds is 4. The summed E-state index contributed by atoms with van der Waals surface area (Å²) in [5.41, 5.74) is 3.31. The van der Waals surface area contributed by atoms with Gasteiger partial charge >= 0.3 is 0 Å². The Morgan fingerprint density at radius 2 is 1.46 bits per heavy atom. The second kappa shape index (κ2) is 7.29. The molecule has 2 heterocycles. The van der Waals surface area contributed by atoms with Crippen LogP contribution in [0.2, 0.25) is 0 Å². The van der Waals surface area contributed by atoms with E-state index in [9.17, 15) is 4.79 Å². The van der Waals surface area contributed by atoms with Crippen molar-refractivity contribution in [3.8, 4) is 21.7 Å². The van der Waals surface area contributed by atoms with Gasteiger partial charge in [-0.3, -0.25) is 15.1 Å². The maximum absolute atomic E-state index is 12.4. The van der Waals surface area contributed by atoms with Crippen LogP contribution in [-0.2, 0) is 0 Å². The third kappa shape index (κ3) is 3.38. The van der Waals surface area contributed by atoms with Crippen molar-refractivity contribution >= 4 is 22.4 Å². The summed E-state index contributed by atoms with van der Waals surface area (Å²) in [6, 6.07) is 25.3. The van der Waals surface area contributed by atoms with Crippen LogP contribution in [0.3, 0.4) is 0 Å². The lowest BCUT2D eigenvalue weighted by Gasteiger charge is -2.02. The van der Waals surface area contributed by atoms with E-state index in [1.54, 1.807) is 24.4 Å². The van der Waals surface area contributed by atoms with Crippen molar-refractivity contribution in [1.29, 1.82) is 0 Å². The number of thiazole rings is 1. The first-order chi connectivity index (χ1) is 12.8. The number of benzene rings is 2. The van der Waals surface area contributed by atoms with Crippen LogP contribution in [0.5, 0.6) is 0 Å². The molecule has 0 aliphatic rings. The predicted octanol–water partition coefficient (Wildman–Crippen LogP) is 5.12. The molecule has 0 radical (unpaired) electrons. The zero-order valence-corrected chi connectivity index (χ0v) is 14.6. The Morgan fingerprint density at radius 1 is 0.808 bits per heavy atom. The summed E-state index contributed by atoms with van der Waals surface area (Å²) in [5, 5.41) is 3.42. The molecule has 0 bridgehead atoms. The molecule has 1 amide bonds. The fourth-order valence-corrected chi connectivity index (χ4v) is 3.60. The van der Waals surface area contributed by atoms with Crippen molar-refractivity contribution in [2.24, 2.45) is 0 Å². The molecule has 0 saturated heterocycles. The fraction of sp³-hybridized carbons (Fsp3) is 0. The Labute approximate surface area is 155 Å². The predicted molar refractivity (Wildman–Crippen MR) is 105 cm³/mol. The molecule has 5 heteroatoms. The maximum atomic E-state index is 12.4. The maximum Gasteiger partial charge on any atom is 0.276 e. The van der Waals surface area contributed by atoms with Gasteiger partial charge < -0.3 is 0 Å². The van der Waals surface area contributed by atoms with Crippen molar-refractivity contribution in [2.45, 2.75) is 0 Å². The zero-order chi connectivity index (χ0) is 17.8.